The average Bonchev–Trinajstić information content (AvgIpc) is 2.84. The van der Waals surface area contributed by atoms with E-state index >= 15 is 0 Å². The highest BCUT2D eigenvalue weighted by Crippen LogP contribution is 2.15. The summed E-state index contributed by atoms with van der Waals surface area (Å²) in [5, 5.41) is 0. The molecular formula is C14H21N5. The molecule has 1 atom stereocenters. The van der Waals surface area contributed by atoms with Gasteiger partial charge in [0.1, 0.15) is 5.82 Å². The fraction of sp³-hybridized carbons (Fsp3) is 0.429. The van der Waals surface area contributed by atoms with Gasteiger partial charge in [-0.2, -0.15) is 0 Å². The van der Waals surface area contributed by atoms with Gasteiger partial charge in [-0.05, 0) is 25.5 Å². The van der Waals surface area contributed by atoms with Gasteiger partial charge >= 0.3 is 0 Å². The Hall–Kier alpha value is -1.72. The van der Waals surface area contributed by atoms with Gasteiger partial charge in [-0.1, -0.05) is 13.0 Å². The van der Waals surface area contributed by atoms with Crippen LogP contribution in [0.1, 0.15) is 36.6 Å². The number of aromatic nitrogens is 3. The second-order valence-electron chi connectivity index (χ2n) is 4.66. The predicted octanol–water partition coefficient (Wildman–Crippen LogP) is 1.74. The fourth-order valence-electron chi connectivity index (χ4n) is 2.16. The van der Waals surface area contributed by atoms with Gasteiger partial charge in [-0.25, -0.2) is 4.98 Å². The van der Waals surface area contributed by atoms with Crippen molar-refractivity contribution in [3.8, 4) is 0 Å². The van der Waals surface area contributed by atoms with Crippen LogP contribution in [0.25, 0.3) is 0 Å². The number of hydrogen-bond acceptors (Lipinski definition) is 4. The third-order valence-corrected chi connectivity index (χ3v) is 3.12. The van der Waals surface area contributed by atoms with Crippen molar-refractivity contribution in [2.24, 2.45) is 5.84 Å². The number of rotatable bonds is 6. The zero-order valence-electron chi connectivity index (χ0n) is 11.5. The van der Waals surface area contributed by atoms with E-state index in [0.717, 1.165) is 36.6 Å². The topological polar surface area (TPSA) is 68.8 Å². The van der Waals surface area contributed by atoms with Gasteiger partial charge in [0, 0.05) is 31.1 Å². The lowest BCUT2D eigenvalue weighted by molar-refractivity contribution is 0.506. The van der Waals surface area contributed by atoms with Crippen LogP contribution in [0, 0.1) is 6.92 Å². The molecule has 0 aliphatic rings. The molecule has 0 saturated heterocycles. The van der Waals surface area contributed by atoms with Gasteiger partial charge in [0.2, 0.25) is 0 Å². The summed E-state index contributed by atoms with van der Waals surface area (Å²) in [7, 11) is 0. The Bertz CT molecular complexity index is 520. The van der Waals surface area contributed by atoms with E-state index < -0.39 is 0 Å². The number of pyridine rings is 1. The lowest BCUT2D eigenvalue weighted by Crippen LogP contribution is -2.31. The summed E-state index contributed by atoms with van der Waals surface area (Å²) in [4.78, 5) is 8.93. The van der Waals surface area contributed by atoms with E-state index in [9.17, 15) is 0 Å². The minimum atomic E-state index is -0.0158. The normalized spacial score (nSPS) is 12.6. The van der Waals surface area contributed by atoms with Crippen molar-refractivity contribution in [3.05, 3.63) is 47.8 Å². The second kappa shape index (κ2) is 6.45. The molecule has 0 fully saturated rings. The standard InChI is InChI=1S/C14H21N5/c1-3-8-19-9-7-16-14(19)10-13(18-15)12-6-4-5-11(2)17-12/h4-7,9,13,18H,3,8,10,15H2,1-2H3. The number of nitrogens with zero attached hydrogens (tertiary/aromatic N) is 3. The maximum atomic E-state index is 5.67. The first-order chi connectivity index (χ1) is 9.24. The molecule has 0 saturated carbocycles. The minimum absolute atomic E-state index is 0.0158. The molecule has 3 N–H and O–H groups in total. The molecular weight excluding hydrogens is 238 g/mol. The minimum Gasteiger partial charge on any atom is -0.335 e. The van der Waals surface area contributed by atoms with Crippen LogP contribution in [0.2, 0.25) is 0 Å². The monoisotopic (exact) mass is 259 g/mol. The van der Waals surface area contributed by atoms with Crippen molar-refractivity contribution in [2.75, 3.05) is 0 Å². The van der Waals surface area contributed by atoms with Gasteiger partial charge in [0.15, 0.2) is 0 Å². The first-order valence-electron chi connectivity index (χ1n) is 6.64. The van der Waals surface area contributed by atoms with Crippen molar-refractivity contribution in [1.82, 2.24) is 20.0 Å². The van der Waals surface area contributed by atoms with E-state index in [-0.39, 0.29) is 6.04 Å². The Morgan fingerprint density at radius 1 is 1.42 bits per heavy atom. The fourth-order valence-corrected chi connectivity index (χ4v) is 2.16. The van der Waals surface area contributed by atoms with Crippen molar-refractivity contribution < 1.29 is 0 Å². The molecule has 102 valence electrons. The van der Waals surface area contributed by atoms with Crippen molar-refractivity contribution in [3.63, 3.8) is 0 Å². The Labute approximate surface area is 113 Å². The predicted molar refractivity (Wildman–Crippen MR) is 75.3 cm³/mol. The average molecular weight is 259 g/mol. The van der Waals surface area contributed by atoms with Crippen LogP contribution < -0.4 is 11.3 Å². The number of hydrazine groups is 1. The molecule has 0 aliphatic carbocycles. The zero-order valence-corrected chi connectivity index (χ0v) is 11.5. The Kier molecular flexibility index (Phi) is 4.65. The molecule has 2 aromatic rings. The molecule has 0 aliphatic heterocycles. The molecule has 5 nitrogen and oxygen atoms in total. The van der Waals surface area contributed by atoms with Gasteiger partial charge in [0.05, 0.1) is 11.7 Å². The summed E-state index contributed by atoms with van der Waals surface area (Å²) in [5.74, 6) is 6.70. The van der Waals surface area contributed by atoms with Gasteiger partial charge in [-0.3, -0.25) is 16.3 Å². The Balaban J connectivity index is 2.17. The third kappa shape index (κ3) is 3.39. The SMILES string of the molecule is CCCn1ccnc1CC(NN)c1cccc(C)n1. The number of aryl methyl sites for hydroxylation is 2. The van der Waals surface area contributed by atoms with E-state index in [1.165, 1.54) is 0 Å². The molecule has 0 radical (unpaired) electrons. The van der Waals surface area contributed by atoms with Crippen LogP contribution in [0.15, 0.2) is 30.6 Å². The lowest BCUT2D eigenvalue weighted by Gasteiger charge is -2.16. The van der Waals surface area contributed by atoms with Crippen LogP contribution in [-0.2, 0) is 13.0 Å². The summed E-state index contributed by atoms with van der Waals surface area (Å²) >= 11 is 0. The molecule has 0 aromatic carbocycles. The third-order valence-electron chi connectivity index (χ3n) is 3.12. The highest BCUT2D eigenvalue weighted by molar-refractivity contribution is 5.15. The quantitative estimate of drug-likeness (QED) is 0.612. The summed E-state index contributed by atoms with van der Waals surface area (Å²) in [6, 6.07) is 5.96. The van der Waals surface area contributed by atoms with Crippen LogP contribution in [0.5, 0.6) is 0 Å². The maximum absolute atomic E-state index is 5.67. The van der Waals surface area contributed by atoms with E-state index in [1.807, 2.05) is 37.5 Å². The summed E-state index contributed by atoms with van der Waals surface area (Å²) in [6.45, 7) is 5.12. The molecule has 0 spiro atoms. The summed E-state index contributed by atoms with van der Waals surface area (Å²) in [6.07, 6.45) is 5.67. The number of imidazole rings is 1. The van der Waals surface area contributed by atoms with E-state index in [2.05, 4.69) is 26.9 Å². The van der Waals surface area contributed by atoms with Crippen LogP contribution >= 0.6 is 0 Å². The number of hydrogen-bond donors (Lipinski definition) is 2. The molecule has 2 heterocycles. The first-order valence-corrected chi connectivity index (χ1v) is 6.64. The molecule has 2 aromatic heterocycles. The Morgan fingerprint density at radius 3 is 2.95 bits per heavy atom. The van der Waals surface area contributed by atoms with Crippen molar-refractivity contribution in [1.29, 1.82) is 0 Å². The molecule has 19 heavy (non-hydrogen) atoms. The van der Waals surface area contributed by atoms with Crippen molar-refractivity contribution >= 4 is 0 Å². The van der Waals surface area contributed by atoms with E-state index in [4.69, 9.17) is 5.84 Å². The molecule has 1 unspecified atom stereocenters. The maximum Gasteiger partial charge on any atom is 0.110 e. The summed E-state index contributed by atoms with van der Waals surface area (Å²) < 4.78 is 2.17. The lowest BCUT2D eigenvalue weighted by atomic mass is 10.1. The number of nitrogens with two attached hydrogens (primary N) is 1. The van der Waals surface area contributed by atoms with E-state index in [0.29, 0.717) is 0 Å². The van der Waals surface area contributed by atoms with Crippen LogP contribution in [0.4, 0.5) is 0 Å². The molecule has 0 bridgehead atoms. The van der Waals surface area contributed by atoms with Crippen molar-refractivity contribution in [2.45, 2.75) is 39.3 Å². The smallest absolute Gasteiger partial charge is 0.110 e. The summed E-state index contributed by atoms with van der Waals surface area (Å²) in [5.41, 5.74) is 4.78. The van der Waals surface area contributed by atoms with Gasteiger partial charge in [0.25, 0.3) is 0 Å². The Morgan fingerprint density at radius 2 is 2.26 bits per heavy atom. The van der Waals surface area contributed by atoms with Crippen LogP contribution in [0.3, 0.4) is 0 Å². The first kappa shape index (κ1) is 13.7. The highest BCUT2D eigenvalue weighted by Gasteiger charge is 2.15. The van der Waals surface area contributed by atoms with Crippen LogP contribution in [-0.4, -0.2) is 14.5 Å². The molecule has 2 rings (SSSR count). The number of nitrogens with one attached hydrogen (secondary N) is 1. The molecule has 5 heteroatoms. The zero-order chi connectivity index (χ0) is 13.7. The van der Waals surface area contributed by atoms with Gasteiger partial charge < -0.3 is 4.57 Å². The van der Waals surface area contributed by atoms with Gasteiger partial charge in [-0.15, -0.1) is 0 Å². The molecule has 0 amide bonds. The highest BCUT2D eigenvalue weighted by atomic mass is 15.2. The van der Waals surface area contributed by atoms with E-state index in [1.54, 1.807) is 0 Å². The second-order valence-corrected chi connectivity index (χ2v) is 4.66. The largest absolute Gasteiger partial charge is 0.335 e.